The predicted molar refractivity (Wildman–Crippen MR) is 79.8 cm³/mol. The Bertz CT molecular complexity index is 348. The highest BCUT2D eigenvalue weighted by molar-refractivity contribution is 5.27. The molecule has 108 valence electrons. The fourth-order valence-corrected chi connectivity index (χ4v) is 2.26. The molecule has 0 saturated heterocycles. The molecule has 3 heteroatoms. The lowest BCUT2D eigenvalue weighted by Gasteiger charge is -2.30. The Labute approximate surface area is 117 Å². The predicted octanol–water partition coefficient (Wildman–Crippen LogP) is 2.84. The van der Waals surface area contributed by atoms with Gasteiger partial charge in [0.25, 0.3) is 0 Å². The Morgan fingerprint density at radius 2 is 1.74 bits per heavy atom. The average molecular weight is 265 g/mol. The number of rotatable bonds is 8. The molecule has 0 fully saturated rings. The van der Waals surface area contributed by atoms with Gasteiger partial charge in [0.05, 0.1) is 13.7 Å². The molecule has 0 aliphatic rings. The van der Waals surface area contributed by atoms with Crippen molar-refractivity contribution in [2.45, 2.75) is 26.3 Å². The summed E-state index contributed by atoms with van der Waals surface area (Å²) in [6.07, 6.45) is 1.05. The molecule has 0 saturated carbocycles. The quantitative estimate of drug-likeness (QED) is 0.721. The van der Waals surface area contributed by atoms with Gasteiger partial charge in [0, 0.05) is 19.7 Å². The summed E-state index contributed by atoms with van der Waals surface area (Å²) in [5, 5.41) is 0. The highest BCUT2D eigenvalue weighted by atomic mass is 16.5. The van der Waals surface area contributed by atoms with Crippen LogP contribution in [0.15, 0.2) is 24.3 Å². The maximum absolute atomic E-state index is 5.31. The second-order valence-corrected chi connectivity index (χ2v) is 5.35. The molecule has 19 heavy (non-hydrogen) atoms. The first-order valence-corrected chi connectivity index (χ1v) is 6.90. The van der Waals surface area contributed by atoms with Crippen molar-refractivity contribution < 1.29 is 9.47 Å². The zero-order chi connectivity index (χ0) is 14.3. The van der Waals surface area contributed by atoms with Crippen LogP contribution in [0.4, 0.5) is 0 Å². The number of hydrogen-bond acceptors (Lipinski definition) is 3. The van der Waals surface area contributed by atoms with E-state index in [1.165, 1.54) is 5.56 Å². The van der Waals surface area contributed by atoms with Crippen molar-refractivity contribution >= 4 is 0 Å². The first-order chi connectivity index (χ1) is 9.08. The van der Waals surface area contributed by atoms with E-state index in [4.69, 9.17) is 9.47 Å². The van der Waals surface area contributed by atoms with Crippen LogP contribution in [0.2, 0.25) is 0 Å². The van der Waals surface area contributed by atoms with E-state index in [-0.39, 0.29) is 0 Å². The topological polar surface area (TPSA) is 21.7 Å². The van der Waals surface area contributed by atoms with Gasteiger partial charge in [-0.2, -0.15) is 0 Å². The van der Waals surface area contributed by atoms with Crippen LogP contribution in [0.3, 0.4) is 0 Å². The minimum absolute atomic E-state index is 0.475. The second-order valence-electron chi connectivity index (χ2n) is 5.35. The third-order valence-electron chi connectivity index (χ3n) is 3.59. The summed E-state index contributed by atoms with van der Waals surface area (Å²) in [7, 11) is 5.64. The van der Waals surface area contributed by atoms with Crippen molar-refractivity contribution in [3.8, 4) is 5.75 Å². The number of ether oxygens (including phenoxy) is 2. The van der Waals surface area contributed by atoms with E-state index in [0.29, 0.717) is 12.0 Å². The minimum Gasteiger partial charge on any atom is -0.497 e. The van der Waals surface area contributed by atoms with E-state index in [2.05, 4.69) is 37.9 Å². The van der Waals surface area contributed by atoms with Crippen molar-refractivity contribution in [1.82, 2.24) is 4.90 Å². The molecule has 0 heterocycles. The zero-order valence-electron chi connectivity index (χ0n) is 12.8. The molecule has 0 unspecified atom stereocenters. The van der Waals surface area contributed by atoms with E-state index >= 15 is 0 Å². The van der Waals surface area contributed by atoms with E-state index < -0.39 is 0 Å². The number of methoxy groups -OCH3 is 2. The van der Waals surface area contributed by atoms with Gasteiger partial charge in [0.1, 0.15) is 5.75 Å². The molecular weight excluding hydrogens is 238 g/mol. The molecule has 0 bridgehead atoms. The largest absolute Gasteiger partial charge is 0.497 e. The molecule has 1 rings (SSSR count). The number of nitrogens with zero attached hydrogens (tertiary/aromatic N) is 1. The van der Waals surface area contributed by atoms with Crippen LogP contribution < -0.4 is 4.74 Å². The van der Waals surface area contributed by atoms with Crippen molar-refractivity contribution in [3.05, 3.63) is 29.8 Å². The maximum atomic E-state index is 5.31. The van der Waals surface area contributed by atoms with Crippen molar-refractivity contribution in [2.24, 2.45) is 5.92 Å². The molecule has 0 aromatic heterocycles. The Balaban J connectivity index is 2.49. The van der Waals surface area contributed by atoms with Crippen molar-refractivity contribution in [1.29, 1.82) is 0 Å². The Morgan fingerprint density at radius 1 is 1.11 bits per heavy atom. The standard InChI is InChI=1S/C16H27NO2/c1-13(2)16(12-18-4)17(3)11-10-14-6-8-15(19-5)9-7-14/h6-9,13,16H,10-12H2,1-5H3/t16-/m1/s1. The molecule has 1 aromatic rings. The number of benzene rings is 1. The van der Waals surface area contributed by atoms with Gasteiger partial charge in [-0.05, 0) is 37.1 Å². The van der Waals surface area contributed by atoms with Crippen LogP contribution in [-0.2, 0) is 11.2 Å². The zero-order valence-corrected chi connectivity index (χ0v) is 12.8. The smallest absolute Gasteiger partial charge is 0.118 e. The summed E-state index contributed by atoms with van der Waals surface area (Å²) in [5.41, 5.74) is 1.34. The Hall–Kier alpha value is -1.06. The second kappa shape index (κ2) is 8.18. The molecule has 0 radical (unpaired) electrons. The molecular formula is C16H27NO2. The summed E-state index contributed by atoms with van der Waals surface area (Å²) in [6, 6.07) is 8.78. The summed E-state index contributed by atoms with van der Waals surface area (Å²) in [5.74, 6) is 1.51. The third kappa shape index (κ3) is 5.21. The van der Waals surface area contributed by atoms with Gasteiger partial charge < -0.3 is 14.4 Å². The summed E-state index contributed by atoms with van der Waals surface area (Å²) in [6.45, 7) is 6.32. The molecule has 0 N–H and O–H groups in total. The third-order valence-corrected chi connectivity index (χ3v) is 3.59. The van der Waals surface area contributed by atoms with Gasteiger partial charge in [-0.1, -0.05) is 26.0 Å². The van der Waals surface area contributed by atoms with Crippen LogP contribution in [0.25, 0.3) is 0 Å². The van der Waals surface area contributed by atoms with Gasteiger partial charge in [-0.15, -0.1) is 0 Å². The molecule has 0 amide bonds. The molecule has 1 atom stereocenters. The molecule has 0 spiro atoms. The lowest BCUT2D eigenvalue weighted by Crippen LogP contribution is -2.40. The number of hydrogen-bond donors (Lipinski definition) is 0. The van der Waals surface area contributed by atoms with Crippen LogP contribution >= 0.6 is 0 Å². The van der Waals surface area contributed by atoms with Gasteiger partial charge in [0.2, 0.25) is 0 Å². The van der Waals surface area contributed by atoms with E-state index in [0.717, 1.165) is 25.3 Å². The van der Waals surface area contributed by atoms with Crippen LogP contribution in [0.1, 0.15) is 19.4 Å². The summed E-state index contributed by atoms with van der Waals surface area (Å²) in [4.78, 5) is 2.39. The highest BCUT2D eigenvalue weighted by Crippen LogP contribution is 2.14. The fourth-order valence-electron chi connectivity index (χ4n) is 2.26. The SMILES string of the molecule is COC[C@H](C(C)C)N(C)CCc1ccc(OC)cc1. The van der Waals surface area contributed by atoms with Crippen LogP contribution in [0.5, 0.6) is 5.75 Å². The van der Waals surface area contributed by atoms with Crippen molar-refractivity contribution in [2.75, 3.05) is 34.4 Å². The lowest BCUT2D eigenvalue weighted by atomic mass is 10.0. The monoisotopic (exact) mass is 265 g/mol. The molecule has 3 nitrogen and oxygen atoms in total. The molecule has 0 aliphatic carbocycles. The molecule has 1 aromatic carbocycles. The Morgan fingerprint density at radius 3 is 2.21 bits per heavy atom. The van der Waals surface area contributed by atoms with Gasteiger partial charge >= 0.3 is 0 Å². The minimum atomic E-state index is 0.475. The van der Waals surface area contributed by atoms with Gasteiger partial charge in [-0.3, -0.25) is 0 Å². The van der Waals surface area contributed by atoms with Crippen molar-refractivity contribution in [3.63, 3.8) is 0 Å². The summed E-state index contributed by atoms with van der Waals surface area (Å²) < 4.78 is 10.5. The van der Waals surface area contributed by atoms with E-state index in [1.807, 2.05) is 12.1 Å². The van der Waals surface area contributed by atoms with Gasteiger partial charge in [-0.25, -0.2) is 0 Å². The maximum Gasteiger partial charge on any atom is 0.118 e. The normalized spacial score (nSPS) is 13.0. The van der Waals surface area contributed by atoms with Gasteiger partial charge in [0.15, 0.2) is 0 Å². The Kier molecular flexibility index (Phi) is 6.89. The average Bonchev–Trinajstić information content (AvgIpc) is 2.42. The first kappa shape index (κ1) is 16.0. The van der Waals surface area contributed by atoms with E-state index in [9.17, 15) is 0 Å². The van der Waals surface area contributed by atoms with Crippen LogP contribution in [-0.4, -0.2) is 45.4 Å². The first-order valence-electron chi connectivity index (χ1n) is 6.90. The summed E-state index contributed by atoms with van der Waals surface area (Å²) >= 11 is 0. The lowest BCUT2D eigenvalue weighted by molar-refractivity contribution is 0.0810. The van der Waals surface area contributed by atoms with Crippen LogP contribution in [0, 0.1) is 5.92 Å². The number of likely N-dealkylation sites (N-methyl/N-ethyl adjacent to an activating group) is 1. The highest BCUT2D eigenvalue weighted by Gasteiger charge is 2.18. The fraction of sp³-hybridized carbons (Fsp3) is 0.625. The van der Waals surface area contributed by atoms with E-state index in [1.54, 1.807) is 14.2 Å². The molecule has 0 aliphatic heterocycles.